The summed E-state index contributed by atoms with van der Waals surface area (Å²) in [6.45, 7) is 4.83. The van der Waals surface area contributed by atoms with Gasteiger partial charge in [0.1, 0.15) is 6.04 Å². The van der Waals surface area contributed by atoms with E-state index in [0.717, 1.165) is 45.2 Å². The van der Waals surface area contributed by atoms with Gasteiger partial charge in [-0.25, -0.2) is 0 Å². The Hall–Kier alpha value is -2.37. The van der Waals surface area contributed by atoms with Crippen LogP contribution in [0.3, 0.4) is 0 Å². The molecular weight excluding hydrogens is 446 g/mol. The summed E-state index contributed by atoms with van der Waals surface area (Å²) >= 11 is 0. The van der Waals surface area contributed by atoms with E-state index in [4.69, 9.17) is 5.73 Å². The van der Waals surface area contributed by atoms with Crippen molar-refractivity contribution >= 4 is 24.2 Å². The van der Waals surface area contributed by atoms with Gasteiger partial charge in [0.25, 0.3) is 0 Å². The van der Waals surface area contributed by atoms with Gasteiger partial charge in [-0.1, -0.05) is 54.6 Å². The first kappa shape index (κ1) is 26.2. The van der Waals surface area contributed by atoms with Gasteiger partial charge in [-0.15, -0.1) is 12.4 Å². The zero-order valence-corrected chi connectivity index (χ0v) is 21.2. The molecule has 1 fully saturated rings. The first-order valence-electron chi connectivity index (χ1n) is 12.3. The molecular formula is C28H38ClN3O2. The standard InChI is InChI=1S/C28H37N3O2.ClH/c1-27(2,29)26(33)30-24(14-8-11-21-9-4-3-5-10-21)25(32)31-19-17-28(18-20-31)16-15-22-12-6-7-13-23(22)28;/h3-7,9-10,12-13,24H,8,11,14-20,29H2,1-2H3,(H,30,33);1H. The van der Waals surface area contributed by atoms with Gasteiger partial charge in [0.2, 0.25) is 11.8 Å². The van der Waals surface area contributed by atoms with Crippen molar-refractivity contribution in [1.82, 2.24) is 10.2 Å². The molecule has 6 heteroatoms. The van der Waals surface area contributed by atoms with E-state index in [9.17, 15) is 9.59 Å². The molecule has 0 radical (unpaired) electrons. The summed E-state index contributed by atoms with van der Waals surface area (Å²) in [5.74, 6) is -0.249. The fraction of sp³-hybridized carbons (Fsp3) is 0.500. The van der Waals surface area contributed by atoms with Crippen LogP contribution in [-0.4, -0.2) is 41.4 Å². The van der Waals surface area contributed by atoms with Crippen LogP contribution in [0.5, 0.6) is 0 Å². The van der Waals surface area contributed by atoms with Gasteiger partial charge in [-0.3, -0.25) is 9.59 Å². The number of carbonyl (C=O) groups excluding carboxylic acids is 2. The number of likely N-dealkylation sites (tertiary alicyclic amines) is 1. The molecule has 0 aromatic heterocycles. The molecule has 2 aromatic carbocycles. The predicted octanol–water partition coefficient (Wildman–Crippen LogP) is 4.16. The number of rotatable bonds is 7. The van der Waals surface area contributed by atoms with Crippen molar-refractivity contribution < 1.29 is 9.59 Å². The second-order valence-corrected chi connectivity index (χ2v) is 10.4. The summed E-state index contributed by atoms with van der Waals surface area (Å²) < 4.78 is 0. The van der Waals surface area contributed by atoms with Crippen LogP contribution in [0.4, 0.5) is 0 Å². The molecule has 1 heterocycles. The highest BCUT2D eigenvalue weighted by molar-refractivity contribution is 5.91. The van der Waals surface area contributed by atoms with Gasteiger partial charge >= 0.3 is 0 Å². The second-order valence-electron chi connectivity index (χ2n) is 10.4. The van der Waals surface area contributed by atoms with Crippen LogP contribution >= 0.6 is 12.4 Å². The maximum atomic E-state index is 13.5. The molecule has 2 amide bonds. The van der Waals surface area contributed by atoms with E-state index in [1.165, 1.54) is 23.1 Å². The Morgan fingerprint density at radius 1 is 1.03 bits per heavy atom. The molecule has 0 saturated carbocycles. The Balaban J connectivity index is 0.00000324. The number of hydrogen-bond acceptors (Lipinski definition) is 3. The van der Waals surface area contributed by atoms with E-state index in [1.54, 1.807) is 13.8 Å². The summed E-state index contributed by atoms with van der Waals surface area (Å²) in [5, 5.41) is 2.96. The van der Waals surface area contributed by atoms with Crippen molar-refractivity contribution in [2.24, 2.45) is 5.73 Å². The number of nitrogens with one attached hydrogen (secondary N) is 1. The molecule has 184 valence electrons. The van der Waals surface area contributed by atoms with Gasteiger partial charge < -0.3 is 16.0 Å². The number of hydrogen-bond donors (Lipinski definition) is 2. The monoisotopic (exact) mass is 483 g/mol. The van der Waals surface area contributed by atoms with E-state index in [-0.39, 0.29) is 29.6 Å². The quantitative estimate of drug-likeness (QED) is 0.620. The topological polar surface area (TPSA) is 75.4 Å². The predicted molar refractivity (Wildman–Crippen MR) is 139 cm³/mol. The number of nitrogens with zero attached hydrogens (tertiary/aromatic N) is 1. The fourth-order valence-electron chi connectivity index (χ4n) is 5.42. The highest BCUT2D eigenvalue weighted by atomic mass is 35.5. The lowest BCUT2D eigenvalue weighted by molar-refractivity contribution is -0.139. The van der Waals surface area contributed by atoms with Gasteiger partial charge in [0.05, 0.1) is 5.54 Å². The Labute approximate surface area is 209 Å². The van der Waals surface area contributed by atoms with Crippen molar-refractivity contribution in [3.05, 3.63) is 71.3 Å². The zero-order chi connectivity index (χ0) is 23.5. The number of nitrogens with two attached hydrogens (primary N) is 1. The summed E-state index contributed by atoms with van der Waals surface area (Å²) in [6.07, 6.45) is 6.61. The lowest BCUT2D eigenvalue weighted by Crippen LogP contribution is -2.57. The summed E-state index contributed by atoms with van der Waals surface area (Å²) in [7, 11) is 0. The average molecular weight is 484 g/mol. The normalized spacial score (nSPS) is 17.6. The molecule has 1 aliphatic carbocycles. The van der Waals surface area contributed by atoms with Crippen molar-refractivity contribution in [2.75, 3.05) is 13.1 Å². The lowest BCUT2D eigenvalue weighted by Gasteiger charge is -2.41. The van der Waals surface area contributed by atoms with Gasteiger partial charge in [0.15, 0.2) is 0 Å². The Morgan fingerprint density at radius 3 is 2.35 bits per heavy atom. The molecule has 1 spiro atoms. The summed E-state index contributed by atoms with van der Waals surface area (Å²) in [5.41, 5.74) is 9.39. The Morgan fingerprint density at radius 2 is 1.68 bits per heavy atom. The molecule has 5 nitrogen and oxygen atoms in total. The van der Waals surface area contributed by atoms with Crippen LogP contribution in [0.2, 0.25) is 0 Å². The number of piperidine rings is 1. The molecule has 1 unspecified atom stereocenters. The molecule has 1 saturated heterocycles. The molecule has 2 aromatic rings. The van der Waals surface area contributed by atoms with Gasteiger partial charge in [-0.2, -0.15) is 0 Å². The fourth-order valence-corrected chi connectivity index (χ4v) is 5.42. The number of fused-ring (bicyclic) bond motifs is 2. The number of benzene rings is 2. The summed E-state index contributed by atoms with van der Waals surface area (Å²) in [6, 6.07) is 18.5. The third-order valence-electron chi connectivity index (χ3n) is 7.48. The number of amides is 2. The van der Waals surface area contributed by atoms with E-state index in [2.05, 4.69) is 41.7 Å². The van der Waals surface area contributed by atoms with Crippen molar-refractivity contribution in [3.63, 3.8) is 0 Å². The van der Waals surface area contributed by atoms with E-state index in [1.807, 2.05) is 23.1 Å². The van der Waals surface area contributed by atoms with Crippen LogP contribution in [0.15, 0.2) is 54.6 Å². The molecule has 2 aliphatic rings. The minimum atomic E-state index is -1.02. The molecule has 3 N–H and O–H groups in total. The maximum absolute atomic E-state index is 13.5. The van der Waals surface area contributed by atoms with Crippen molar-refractivity contribution in [2.45, 2.75) is 75.8 Å². The first-order chi connectivity index (χ1) is 15.8. The molecule has 34 heavy (non-hydrogen) atoms. The smallest absolute Gasteiger partial charge is 0.245 e. The Kier molecular flexibility index (Phi) is 8.43. The minimum Gasteiger partial charge on any atom is -0.343 e. The molecule has 1 aliphatic heterocycles. The number of halogens is 1. The lowest BCUT2D eigenvalue weighted by atomic mass is 9.74. The van der Waals surface area contributed by atoms with Crippen molar-refractivity contribution in [3.8, 4) is 0 Å². The molecule has 1 atom stereocenters. The molecule has 0 bridgehead atoms. The van der Waals surface area contributed by atoms with Crippen LogP contribution in [0, 0.1) is 0 Å². The maximum Gasteiger partial charge on any atom is 0.245 e. The second kappa shape index (κ2) is 10.9. The minimum absolute atomic E-state index is 0. The van der Waals surface area contributed by atoms with E-state index < -0.39 is 11.6 Å². The third kappa shape index (κ3) is 5.81. The zero-order valence-electron chi connectivity index (χ0n) is 20.4. The van der Waals surface area contributed by atoms with Gasteiger partial charge in [0, 0.05) is 13.1 Å². The van der Waals surface area contributed by atoms with Gasteiger partial charge in [-0.05, 0) is 80.9 Å². The third-order valence-corrected chi connectivity index (χ3v) is 7.48. The van der Waals surface area contributed by atoms with Crippen LogP contribution in [0.25, 0.3) is 0 Å². The van der Waals surface area contributed by atoms with E-state index in [0.29, 0.717) is 6.42 Å². The highest BCUT2D eigenvalue weighted by Crippen LogP contribution is 2.46. The SMILES string of the molecule is CC(C)(N)C(=O)NC(CCCc1ccccc1)C(=O)N1CCC2(CCc3ccccc32)CC1.Cl. The highest BCUT2D eigenvalue weighted by Gasteiger charge is 2.42. The van der Waals surface area contributed by atoms with Crippen molar-refractivity contribution in [1.29, 1.82) is 0 Å². The number of aryl methyl sites for hydroxylation is 2. The number of carbonyl (C=O) groups is 2. The van der Waals surface area contributed by atoms with Crippen LogP contribution in [0.1, 0.15) is 62.6 Å². The first-order valence-corrected chi connectivity index (χ1v) is 12.3. The average Bonchev–Trinajstić information content (AvgIpc) is 3.16. The summed E-state index contributed by atoms with van der Waals surface area (Å²) in [4.78, 5) is 28.1. The molecule has 4 rings (SSSR count). The van der Waals surface area contributed by atoms with E-state index >= 15 is 0 Å². The largest absolute Gasteiger partial charge is 0.343 e. The van der Waals surface area contributed by atoms with Crippen LogP contribution in [-0.2, 0) is 27.8 Å². The Bertz CT molecular complexity index is 979. The van der Waals surface area contributed by atoms with Crippen LogP contribution < -0.4 is 11.1 Å².